The lowest BCUT2D eigenvalue weighted by Gasteiger charge is -2.21. The zero-order valence-corrected chi connectivity index (χ0v) is 10.2. The van der Waals surface area contributed by atoms with Gasteiger partial charge in [0.05, 0.1) is 7.11 Å². The monoisotopic (exact) mass is 235 g/mol. The summed E-state index contributed by atoms with van der Waals surface area (Å²) in [6, 6.07) is 1.80. The summed E-state index contributed by atoms with van der Waals surface area (Å²) >= 11 is 0. The minimum Gasteiger partial charge on any atom is -0.453 e. The van der Waals surface area contributed by atoms with E-state index in [-0.39, 0.29) is 6.09 Å². The third-order valence-electron chi connectivity index (χ3n) is 2.19. The summed E-state index contributed by atoms with van der Waals surface area (Å²) in [5, 5.41) is 0. The molecule has 0 aliphatic carbocycles. The smallest absolute Gasteiger partial charge is 0.409 e. The van der Waals surface area contributed by atoms with E-state index in [4.69, 9.17) is 0 Å². The Kier molecular flexibility index (Phi) is 5.71. The van der Waals surface area contributed by atoms with Crippen LogP contribution in [0.2, 0.25) is 0 Å². The van der Waals surface area contributed by atoms with Gasteiger partial charge < -0.3 is 9.64 Å². The minimum absolute atomic E-state index is 0.232. The van der Waals surface area contributed by atoms with E-state index in [1.165, 1.54) is 7.11 Å². The van der Waals surface area contributed by atoms with Crippen LogP contribution < -0.4 is 0 Å². The molecule has 1 aliphatic heterocycles. The highest BCUT2D eigenvalue weighted by molar-refractivity contribution is 5.67. The van der Waals surface area contributed by atoms with Crippen molar-refractivity contribution < 1.29 is 9.53 Å². The molecule has 5 nitrogen and oxygen atoms in total. The van der Waals surface area contributed by atoms with Gasteiger partial charge in [0.2, 0.25) is 0 Å². The number of carbonyl (C=O) groups excluding carboxylic acids is 1. The number of rotatable bonds is 0. The Bertz CT molecular complexity index is 365. The van der Waals surface area contributed by atoms with E-state index in [9.17, 15) is 4.79 Å². The molecule has 1 aromatic heterocycles. The second-order valence-electron chi connectivity index (χ2n) is 3.47. The number of nitrogens with zero attached hydrogens (tertiary/aromatic N) is 3. The quantitative estimate of drug-likeness (QED) is 0.643. The first-order chi connectivity index (χ1) is 8.24. The maximum atomic E-state index is 10.8. The summed E-state index contributed by atoms with van der Waals surface area (Å²) in [5.41, 5.74) is 0. The van der Waals surface area contributed by atoms with Crippen molar-refractivity contribution in [2.45, 2.75) is 13.3 Å². The van der Waals surface area contributed by atoms with Gasteiger partial charge in [-0.3, -0.25) is 0 Å². The van der Waals surface area contributed by atoms with Gasteiger partial charge in [-0.1, -0.05) is 12.2 Å². The van der Waals surface area contributed by atoms with Crippen molar-refractivity contribution in [2.24, 2.45) is 0 Å². The normalized spacial score (nSPS) is 13.6. The zero-order valence-electron chi connectivity index (χ0n) is 10.2. The minimum atomic E-state index is -0.232. The Labute approximate surface area is 101 Å². The third kappa shape index (κ3) is 5.10. The number of methoxy groups -OCH3 is 1. The van der Waals surface area contributed by atoms with Crippen LogP contribution in [0, 0.1) is 6.92 Å². The number of hydrogen-bond donors (Lipinski definition) is 0. The van der Waals surface area contributed by atoms with Gasteiger partial charge in [0, 0.05) is 25.5 Å². The van der Waals surface area contributed by atoms with Crippen LogP contribution in [0.4, 0.5) is 4.79 Å². The molecule has 0 bridgehead atoms. The lowest BCUT2D eigenvalue weighted by Crippen LogP contribution is -2.33. The Balaban J connectivity index is 0.000000181. The molecule has 1 aliphatic rings. The molecule has 17 heavy (non-hydrogen) atoms. The van der Waals surface area contributed by atoms with Crippen LogP contribution in [0.15, 0.2) is 30.6 Å². The van der Waals surface area contributed by atoms with Gasteiger partial charge in [-0.15, -0.1) is 0 Å². The number of carbonyl (C=O) groups is 1. The maximum Gasteiger partial charge on any atom is 0.409 e. The molecule has 1 aromatic rings. The summed E-state index contributed by atoms with van der Waals surface area (Å²) in [6.07, 6.45) is 8.20. The first kappa shape index (κ1) is 13.2. The Morgan fingerprint density at radius 1 is 1.35 bits per heavy atom. The molecule has 0 unspecified atom stereocenters. The lowest BCUT2D eigenvalue weighted by molar-refractivity contribution is 0.127. The summed E-state index contributed by atoms with van der Waals surface area (Å²) in [7, 11) is 1.40. The molecule has 0 N–H and O–H groups in total. The third-order valence-corrected chi connectivity index (χ3v) is 2.19. The van der Waals surface area contributed by atoms with Gasteiger partial charge in [-0.25, -0.2) is 14.8 Å². The lowest BCUT2D eigenvalue weighted by atomic mass is 10.3. The maximum absolute atomic E-state index is 10.8. The van der Waals surface area contributed by atoms with Crippen molar-refractivity contribution in [1.29, 1.82) is 0 Å². The van der Waals surface area contributed by atoms with Gasteiger partial charge >= 0.3 is 6.09 Å². The van der Waals surface area contributed by atoms with E-state index >= 15 is 0 Å². The van der Waals surface area contributed by atoms with E-state index in [2.05, 4.69) is 20.8 Å². The van der Waals surface area contributed by atoms with Crippen molar-refractivity contribution in [3.63, 3.8) is 0 Å². The van der Waals surface area contributed by atoms with Crippen LogP contribution in [0.5, 0.6) is 0 Å². The standard InChI is InChI=1S/C7H11NO2.C5H6N2/c1-10-7(9)8-5-3-2-4-6-8;1-5-6-3-2-4-7-5/h2-3H,4-6H2,1H3;2-4H,1H3. The van der Waals surface area contributed by atoms with Gasteiger partial charge in [-0.2, -0.15) is 0 Å². The number of aromatic nitrogens is 2. The van der Waals surface area contributed by atoms with E-state index in [1.807, 2.05) is 13.0 Å². The van der Waals surface area contributed by atoms with Gasteiger partial charge in [-0.05, 0) is 19.4 Å². The molecule has 0 spiro atoms. The van der Waals surface area contributed by atoms with E-state index in [1.54, 1.807) is 23.4 Å². The first-order valence-electron chi connectivity index (χ1n) is 5.45. The first-order valence-corrected chi connectivity index (χ1v) is 5.45. The molecular formula is C12H17N3O2. The second-order valence-corrected chi connectivity index (χ2v) is 3.47. The molecule has 0 radical (unpaired) electrons. The second kappa shape index (κ2) is 7.38. The number of amides is 1. The van der Waals surface area contributed by atoms with Crippen molar-refractivity contribution >= 4 is 6.09 Å². The summed E-state index contributed by atoms with van der Waals surface area (Å²) in [6.45, 7) is 3.33. The van der Waals surface area contributed by atoms with Crippen LogP contribution in [0.1, 0.15) is 12.2 Å². The van der Waals surface area contributed by atoms with Crippen molar-refractivity contribution in [3.8, 4) is 0 Å². The van der Waals surface area contributed by atoms with Gasteiger partial charge in [0.15, 0.2) is 0 Å². The van der Waals surface area contributed by atoms with Crippen molar-refractivity contribution in [2.75, 3.05) is 20.2 Å². The van der Waals surface area contributed by atoms with Crippen LogP contribution in [0.3, 0.4) is 0 Å². The number of hydrogen-bond acceptors (Lipinski definition) is 4. The molecule has 0 saturated heterocycles. The Hall–Kier alpha value is -1.91. The fourth-order valence-corrected chi connectivity index (χ4v) is 1.31. The summed E-state index contributed by atoms with van der Waals surface area (Å²) in [5.74, 6) is 0.822. The summed E-state index contributed by atoms with van der Waals surface area (Å²) < 4.78 is 4.54. The van der Waals surface area contributed by atoms with E-state index < -0.39 is 0 Å². The summed E-state index contributed by atoms with van der Waals surface area (Å²) in [4.78, 5) is 20.2. The zero-order chi connectivity index (χ0) is 12.5. The Morgan fingerprint density at radius 3 is 2.47 bits per heavy atom. The van der Waals surface area contributed by atoms with Gasteiger partial charge in [0.25, 0.3) is 0 Å². The predicted molar refractivity (Wildman–Crippen MR) is 64.5 cm³/mol. The molecule has 5 heteroatoms. The van der Waals surface area contributed by atoms with Gasteiger partial charge in [0.1, 0.15) is 5.82 Å². The van der Waals surface area contributed by atoms with Crippen molar-refractivity contribution in [3.05, 3.63) is 36.4 Å². The predicted octanol–water partition coefficient (Wildman–Crippen LogP) is 1.80. The Morgan fingerprint density at radius 2 is 2.06 bits per heavy atom. The van der Waals surface area contributed by atoms with E-state index in [0.29, 0.717) is 6.54 Å². The molecule has 0 atom stereocenters. The van der Waals surface area contributed by atoms with Crippen molar-refractivity contribution in [1.82, 2.24) is 14.9 Å². The fourth-order valence-electron chi connectivity index (χ4n) is 1.31. The SMILES string of the molecule is COC(=O)N1CC=CCC1.Cc1ncccn1. The largest absolute Gasteiger partial charge is 0.453 e. The molecule has 2 heterocycles. The molecule has 0 fully saturated rings. The fraction of sp³-hybridized carbons (Fsp3) is 0.417. The molecule has 1 amide bonds. The highest BCUT2D eigenvalue weighted by atomic mass is 16.5. The average molecular weight is 235 g/mol. The van der Waals surface area contributed by atoms with E-state index in [0.717, 1.165) is 18.8 Å². The molecule has 2 rings (SSSR count). The molecule has 0 saturated carbocycles. The topological polar surface area (TPSA) is 55.3 Å². The molecule has 0 aromatic carbocycles. The van der Waals surface area contributed by atoms with Crippen LogP contribution in [0.25, 0.3) is 0 Å². The molecular weight excluding hydrogens is 218 g/mol. The molecule has 92 valence electrons. The van der Waals surface area contributed by atoms with Crippen LogP contribution in [-0.2, 0) is 4.74 Å². The average Bonchev–Trinajstić information content (AvgIpc) is 2.40. The van der Waals surface area contributed by atoms with Crippen LogP contribution >= 0.6 is 0 Å². The number of ether oxygens (including phenoxy) is 1. The highest BCUT2D eigenvalue weighted by Crippen LogP contribution is 2.01. The number of aryl methyl sites for hydroxylation is 1. The van der Waals surface area contributed by atoms with Crippen LogP contribution in [-0.4, -0.2) is 41.2 Å². The highest BCUT2D eigenvalue weighted by Gasteiger charge is 2.12.